The molecule has 0 unspecified atom stereocenters. The zero-order valence-electron chi connectivity index (χ0n) is 29.0. The highest BCUT2D eigenvalue weighted by Crippen LogP contribution is 2.51. The first-order valence-corrected chi connectivity index (χ1v) is 15.1. The van der Waals surface area contributed by atoms with Crippen LogP contribution >= 0.6 is 0 Å². The number of rotatable bonds is 3. The number of hydrogen-bond donors (Lipinski definition) is 0. The molecule has 2 nitrogen and oxygen atoms in total. The molecule has 45 heavy (non-hydrogen) atoms. The minimum atomic E-state index is -0.427. The Hall–Kier alpha value is -5.99. The Labute approximate surface area is 267 Å². The maximum Gasteiger partial charge on any atom is 0.146 e. The van der Waals surface area contributed by atoms with Gasteiger partial charge in [-0.15, -0.1) is 0 Å². The van der Waals surface area contributed by atoms with E-state index in [9.17, 15) is 0 Å². The minimum Gasteiger partial charge on any atom is -0.292 e. The monoisotopic (exact) mass is 575 g/mol. The average molecular weight is 576 g/mol. The lowest BCUT2D eigenvalue weighted by molar-refractivity contribution is 1.11. The van der Waals surface area contributed by atoms with Crippen molar-refractivity contribution < 1.29 is 6.85 Å². The molecule has 0 bridgehead atoms. The van der Waals surface area contributed by atoms with Crippen LogP contribution in [0.1, 0.15) is 6.85 Å². The lowest BCUT2D eigenvalue weighted by Gasteiger charge is -2.19. The Morgan fingerprint density at radius 1 is 0.444 bits per heavy atom. The van der Waals surface area contributed by atoms with Gasteiger partial charge in [-0.25, -0.2) is 4.98 Å². The molecular weight excluding hydrogens is 544 g/mol. The molecular formula is C43H26N2. The second-order valence-electron chi connectivity index (χ2n) is 11.5. The lowest BCUT2D eigenvalue weighted by Crippen LogP contribution is -1.99. The SMILES string of the molecule is [2H]c1c([2H])c([2H])c(-n2c(-c3c4ccccc4c(-c4ccc5c6c(cccc46)-c4ccccc4-5)c4ccccc34)nc3ccccc32)c([2H])c1[2H]. The molecule has 0 amide bonds. The quantitative estimate of drug-likeness (QED) is 0.192. The molecule has 1 aliphatic carbocycles. The summed E-state index contributed by atoms with van der Waals surface area (Å²) in [5, 5.41) is 6.43. The Morgan fingerprint density at radius 3 is 1.69 bits per heavy atom. The number of benzene rings is 8. The molecule has 0 atom stereocenters. The first-order chi connectivity index (χ1) is 24.4. The molecule has 0 N–H and O–H groups in total. The van der Waals surface area contributed by atoms with Crippen molar-refractivity contribution in [1.29, 1.82) is 0 Å². The summed E-state index contributed by atoms with van der Waals surface area (Å²) in [6.07, 6.45) is 0. The van der Waals surface area contributed by atoms with Crippen LogP contribution in [0.4, 0.5) is 0 Å². The highest BCUT2D eigenvalue weighted by atomic mass is 15.1. The molecule has 0 saturated carbocycles. The molecule has 1 aromatic heterocycles. The van der Waals surface area contributed by atoms with Crippen LogP contribution in [0.2, 0.25) is 0 Å². The van der Waals surface area contributed by atoms with Gasteiger partial charge in [-0.1, -0.05) is 133 Å². The fourth-order valence-electron chi connectivity index (χ4n) is 7.46. The molecule has 0 spiro atoms. The van der Waals surface area contributed by atoms with Gasteiger partial charge in [-0.05, 0) is 89.9 Å². The first-order valence-electron chi connectivity index (χ1n) is 17.6. The van der Waals surface area contributed by atoms with E-state index >= 15 is 0 Å². The molecule has 10 rings (SSSR count). The number of hydrogen-bond acceptors (Lipinski definition) is 1. The summed E-state index contributed by atoms with van der Waals surface area (Å²) in [5.74, 6) is 0.513. The Balaban J connectivity index is 1.35. The first kappa shape index (κ1) is 20.1. The summed E-state index contributed by atoms with van der Waals surface area (Å²) < 4.78 is 45.0. The average Bonchev–Trinajstić information content (AvgIpc) is 3.69. The van der Waals surface area contributed by atoms with E-state index in [-0.39, 0.29) is 29.9 Å². The third-order valence-corrected chi connectivity index (χ3v) is 9.24. The van der Waals surface area contributed by atoms with Crippen LogP contribution in [0.5, 0.6) is 0 Å². The number of fused-ring (bicyclic) bond motifs is 6. The molecule has 0 saturated heterocycles. The minimum absolute atomic E-state index is 0.0732. The lowest BCUT2D eigenvalue weighted by atomic mass is 9.85. The second kappa shape index (κ2) is 9.25. The molecule has 208 valence electrons. The van der Waals surface area contributed by atoms with Crippen LogP contribution in [-0.4, -0.2) is 9.55 Å². The van der Waals surface area contributed by atoms with Crippen molar-refractivity contribution in [3.05, 3.63) is 158 Å². The molecule has 0 fully saturated rings. The van der Waals surface area contributed by atoms with Crippen LogP contribution < -0.4 is 0 Å². The third-order valence-electron chi connectivity index (χ3n) is 9.24. The van der Waals surface area contributed by atoms with Crippen molar-refractivity contribution in [2.45, 2.75) is 0 Å². The van der Waals surface area contributed by atoms with Crippen molar-refractivity contribution in [3.63, 3.8) is 0 Å². The van der Waals surface area contributed by atoms with Gasteiger partial charge in [-0.3, -0.25) is 4.57 Å². The summed E-state index contributed by atoms with van der Waals surface area (Å²) in [6.45, 7) is 0. The molecule has 0 aliphatic heterocycles. The van der Waals surface area contributed by atoms with E-state index in [1.165, 1.54) is 33.0 Å². The molecule has 9 aromatic rings. The van der Waals surface area contributed by atoms with Gasteiger partial charge in [-0.2, -0.15) is 0 Å². The van der Waals surface area contributed by atoms with Gasteiger partial charge in [0.25, 0.3) is 0 Å². The number of para-hydroxylation sites is 3. The van der Waals surface area contributed by atoms with Gasteiger partial charge in [0.15, 0.2) is 0 Å². The van der Waals surface area contributed by atoms with Crippen LogP contribution in [0.15, 0.2) is 158 Å². The molecule has 2 heteroatoms. The van der Waals surface area contributed by atoms with E-state index in [1.54, 1.807) is 4.57 Å². The number of imidazole rings is 1. The number of aromatic nitrogens is 2. The van der Waals surface area contributed by atoms with E-state index < -0.39 is 6.04 Å². The van der Waals surface area contributed by atoms with Crippen LogP contribution in [-0.2, 0) is 0 Å². The second-order valence-corrected chi connectivity index (χ2v) is 11.5. The highest BCUT2D eigenvalue weighted by molar-refractivity contribution is 6.26. The fourth-order valence-corrected chi connectivity index (χ4v) is 7.46. The zero-order chi connectivity index (χ0) is 33.8. The van der Waals surface area contributed by atoms with Crippen LogP contribution in [0.3, 0.4) is 0 Å². The van der Waals surface area contributed by atoms with Crippen molar-refractivity contribution in [1.82, 2.24) is 9.55 Å². The summed E-state index contributed by atoms with van der Waals surface area (Å²) in [5.41, 5.74) is 9.47. The van der Waals surface area contributed by atoms with Crippen molar-refractivity contribution in [2.24, 2.45) is 0 Å². The van der Waals surface area contributed by atoms with Crippen molar-refractivity contribution in [3.8, 4) is 50.5 Å². The summed E-state index contributed by atoms with van der Waals surface area (Å²) in [6, 6.07) is 42.1. The van der Waals surface area contributed by atoms with Crippen LogP contribution in [0, 0.1) is 0 Å². The normalized spacial score (nSPS) is 13.6. The van der Waals surface area contributed by atoms with Gasteiger partial charge >= 0.3 is 0 Å². The molecule has 1 heterocycles. The Kier molecular flexibility index (Phi) is 4.12. The van der Waals surface area contributed by atoms with Gasteiger partial charge < -0.3 is 0 Å². The molecule has 8 aromatic carbocycles. The van der Waals surface area contributed by atoms with Crippen LogP contribution in [0.25, 0.3) is 93.8 Å². The number of nitrogens with zero attached hydrogens (tertiary/aromatic N) is 2. The van der Waals surface area contributed by atoms with Gasteiger partial charge in [0.05, 0.1) is 17.9 Å². The van der Waals surface area contributed by atoms with E-state index in [0.29, 0.717) is 16.9 Å². The fraction of sp³-hybridized carbons (Fsp3) is 0. The van der Waals surface area contributed by atoms with E-state index in [2.05, 4.69) is 91.0 Å². The predicted octanol–water partition coefficient (Wildman–Crippen LogP) is 11.5. The largest absolute Gasteiger partial charge is 0.292 e. The highest BCUT2D eigenvalue weighted by Gasteiger charge is 2.25. The summed E-state index contributed by atoms with van der Waals surface area (Å²) in [4.78, 5) is 5.16. The van der Waals surface area contributed by atoms with Gasteiger partial charge in [0.1, 0.15) is 5.82 Å². The predicted molar refractivity (Wildman–Crippen MR) is 189 cm³/mol. The van der Waals surface area contributed by atoms with Gasteiger partial charge in [0.2, 0.25) is 0 Å². The Bertz CT molecular complexity index is 2830. The molecule has 0 radical (unpaired) electrons. The van der Waals surface area contributed by atoms with Crippen molar-refractivity contribution >= 4 is 43.4 Å². The van der Waals surface area contributed by atoms with Crippen molar-refractivity contribution in [2.75, 3.05) is 0 Å². The maximum atomic E-state index is 8.96. The zero-order valence-corrected chi connectivity index (χ0v) is 24.0. The topological polar surface area (TPSA) is 17.8 Å². The van der Waals surface area contributed by atoms with E-state index in [4.69, 9.17) is 11.8 Å². The third kappa shape index (κ3) is 3.37. The van der Waals surface area contributed by atoms with E-state index in [1.807, 2.05) is 36.4 Å². The summed E-state index contributed by atoms with van der Waals surface area (Å²) in [7, 11) is 0. The maximum absolute atomic E-state index is 8.96. The molecule has 1 aliphatic rings. The smallest absolute Gasteiger partial charge is 0.146 e. The summed E-state index contributed by atoms with van der Waals surface area (Å²) >= 11 is 0. The standard InChI is InChI=1S/C43H26N2/c1-2-13-27(14-3-1)45-39-24-11-10-23-38(39)44-43(45)42-34-19-8-6-17-31(34)41(32-18-7-9-20-35(32)42)37-26-25-36-29-16-5-4-15-28(29)30-21-12-22-33(37)40(30)36/h1-26H/i1D,2D,3D,13D,14D. The Morgan fingerprint density at radius 2 is 0.978 bits per heavy atom. The van der Waals surface area contributed by atoms with E-state index in [0.717, 1.165) is 38.2 Å². The van der Waals surface area contributed by atoms with Gasteiger partial charge in [0, 0.05) is 11.3 Å².